The van der Waals surface area contributed by atoms with E-state index in [1.54, 1.807) is 0 Å². The van der Waals surface area contributed by atoms with Gasteiger partial charge in [-0.05, 0) is 22.8 Å². The van der Waals surface area contributed by atoms with Crippen LogP contribution in [0.15, 0.2) is 47.5 Å². The van der Waals surface area contributed by atoms with Gasteiger partial charge in [-0.15, -0.1) is 0 Å². The highest BCUT2D eigenvalue weighted by atomic mass is 32.2. The van der Waals surface area contributed by atoms with Crippen molar-refractivity contribution in [3.63, 3.8) is 0 Å². The molecule has 2 aromatic carbocycles. The van der Waals surface area contributed by atoms with Crippen molar-refractivity contribution in [1.29, 1.82) is 0 Å². The minimum absolute atomic E-state index is 0.705. The van der Waals surface area contributed by atoms with Crippen LogP contribution in [0.4, 0.5) is 0 Å². The van der Waals surface area contributed by atoms with Gasteiger partial charge in [-0.2, -0.15) is 11.8 Å². The van der Waals surface area contributed by atoms with E-state index < -0.39 is 0 Å². The number of fused-ring (bicyclic) bond motifs is 1. The number of hydrogen-bond acceptors (Lipinski definition) is 2. The van der Waals surface area contributed by atoms with Gasteiger partial charge in [0, 0.05) is 31.1 Å². The Bertz CT molecular complexity index is 633. The number of aliphatic imine (C=N–C) groups is 1. The molecule has 21 heavy (non-hydrogen) atoms. The Labute approximate surface area is 130 Å². The zero-order chi connectivity index (χ0) is 14.5. The minimum atomic E-state index is 0.705. The molecule has 3 rings (SSSR count). The van der Waals surface area contributed by atoms with Crippen LogP contribution in [0.2, 0.25) is 0 Å². The topological polar surface area (TPSA) is 41.6 Å². The minimum Gasteiger partial charge on any atom is -0.370 e. The summed E-state index contributed by atoms with van der Waals surface area (Å²) in [6, 6.07) is 15.1. The molecular formula is C17H21N3S. The van der Waals surface area contributed by atoms with Crippen LogP contribution in [0.1, 0.15) is 5.56 Å². The Morgan fingerprint density at radius 1 is 1.10 bits per heavy atom. The van der Waals surface area contributed by atoms with E-state index in [9.17, 15) is 0 Å². The maximum atomic E-state index is 6.07. The summed E-state index contributed by atoms with van der Waals surface area (Å²) in [6.07, 6.45) is 0.939. The summed E-state index contributed by atoms with van der Waals surface area (Å²) in [7, 11) is 0. The van der Waals surface area contributed by atoms with E-state index >= 15 is 0 Å². The average Bonchev–Trinajstić information content (AvgIpc) is 2.55. The van der Waals surface area contributed by atoms with Crippen LogP contribution in [-0.4, -0.2) is 42.0 Å². The van der Waals surface area contributed by atoms with E-state index in [0.717, 1.165) is 37.6 Å². The molecule has 0 aliphatic carbocycles. The normalized spacial score (nSPS) is 16.4. The van der Waals surface area contributed by atoms with Crippen molar-refractivity contribution in [2.45, 2.75) is 6.42 Å². The van der Waals surface area contributed by atoms with Crippen molar-refractivity contribution in [2.75, 3.05) is 31.1 Å². The second-order valence-corrected chi connectivity index (χ2v) is 6.50. The molecule has 0 amide bonds. The van der Waals surface area contributed by atoms with Crippen molar-refractivity contribution in [3.05, 3.63) is 48.0 Å². The molecule has 2 N–H and O–H groups in total. The lowest BCUT2D eigenvalue weighted by atomic mass is 10.1. The van der Waals surface area contributed by atoms with Crippen LogP contribution in [0.5, 0.6) is 0 Å². The predicted octanol–water partition coefficient (Wildman–Crippen LogP) is 2.75. The lowest BCUT2D eigenvalue weighted by Crippen LogP contribution is -2.42. The molecule has 0 bridgehead atoms. The number of nitrogens with two attached hydrogens (primary N) is 1. The van der Waals surface area contributed by atoms with E-state index in [1.807, 2.05) is 11.8 Å². The molecule has 2 aromatic rings. The van der Waals surface area contributed by atoms with Gasteiger partial charge in [0.15, 0.2) is 5.96 Å². The molecule has 0 spiro atoms. The first-order valence-corrected chi connectivity index (χ1v) is 8.59. The van der Waals surface area contributed by atoms with E-state index in [1.165, 1.54) is 16.3 Å². The van der Waals surface area contributed by atoms with Crippen molar-refractivity contribution in [2.24, 2.45) is 10.7 Å². The molecule has 1 fully saturated rings. The lowest BCUT2D eigenvalue weighted by Gasteiger charge is -2.27. The van der Waals surface area contributed by atoms with Gasteiger partial charge in [0.2, 0.25) is 0 Å². The monoisotopic (exact) mass is 299 g/mol. The first-order valence-electron chi connectivity index (χ1n) is 7.43. The molecule has 3 nitrogen and oxygen atoms in total. The summed E-state index contributed by atoms with van der Waals surface area (Å²) in [5, 5.41) is 2.58. The maximum Gasteiger partial charge on any atom is 0.191 e. The number of thioether (sulfide) groups is 1. The van der Waals surface area contributed by atoms with Crippen LogP contribution in [0.25, 0.3) is 10.8 Å². The highest BCUT2D eigenvalue weighted by Crippen LogP contribution is 2.16. The molecule has 110 valence electrons. The van der Waals surface area contributed by atoms with Crippen LogP contribution in [-0.2, 0) is 6.42 Å². The van der Waals surface area contributed by atoms with Crippen molar-refractivity contribution in [1.82, 2.24) is 4.90 Å². The Hall–Kier alpha value is -1.68. The SMILES string of the molecule is NC(=NCCc1ccc2ccccc2c1)N1CCSCC1. The van der Waals surface area contributed by atoms with E-state index in [0.29, 0.717) is 5.96 Å². The lowest BCUT2D eigenvalue weighted by molar-refractivity contribution is 0.456. The van der Waals surface area contributed by atoms with Crippen molar-refractivity contribution in [3.8, 4) is 0 Å². The predicted molar refractivity (Wildman–Crippen MR) is 93.0 cm³/mol. The fourth-order valence-electron chi connectivity index (χ4n) is 2.59. The first-order chi connectivity index (χ1) is 10.3. The van der Waals surface area contributed by atoms with E-state index in [-0.39, 0.29) is 0 Å². The third-order valence-electron chi connectivity index (χ3n) is 3.82. The summed E-state index contributed by atoms with van der Waals surface area (Å²) in [6.45, 7) is 2.81. The summed E-state index contributed by atoms with van der Waals surface area (Å²) in [4.78, 5) is 6.73. The van der Waals surface area contributed by atoms with E-state index in [4.69, 9.17) is 5.73 Å². The number of benzene rings is 2. The smallest absolute Gasteiger partial charge is 0.191 e. The Balaban J connectivity index is 1.60. The van der Waals surface area contributed by atoms with Gasteiger partial charge < -0.3 is 10.6 Å². The standard InChI is InChI=1S/C17H21N3S/c18-17(20-9-11-21-12-10-20)19-8-7-14-5-6-15-3-1-2-4-16(15)13-14/h1-6,13H,7-12H2,(H2,18,19). The Kier molecular flexibility index (Phi) is 4.65. The van der Waals surface area contributed by atoms with Crippen LogP contribution in [0, 0.1) is 0 Å². The second-order valence-electron chi connectivity index (χ2n) is 5.27. The summed E-state index contributed by atoms with van der Waals surface area (Å²) in [5.41, 5.74) is 7.39. The van der Waals surface area contributed by atoms with Crippen LogP contribution >= 0.6 is 11.8 Å². The van der Waals surface area contributed by atoms with Gasteiger partial charge in [-0.3, -0.25) is 4.99 Å². The molecule has 1 aliphatic heterocycles. The van der Waals surface area contributed by atoms with E-state index in [2.05, 4.69) is 52.4 Å². The molecule has 0 unspecified atom stereocenters. The molecule has 1 saturated heterocycles. The van der Waals surface area contributed by atoms with Crippen LogP contribution < -0.4 is 5.73 Å². The molecule has 0 atom stereocenters. The molecule has 1 aliphatic rings. The number of nitrogens with zero attached hydrogens (tertiary/aromatic N) is 2. The van der Waals surface area contributed by atoms with Crippen LogP contribution in [0.3, 0.4) is 0 Å². The highest BCUT2D eigenvalue weighted by molar-refractivity contribution is 7.99. The quantitative estimate of drug-likeness (QED) is 0.700. The number of hydrogen-bond donors (Lipinski definition) is 1. The van der Waals surface area contributed by atoms with Gasteiger partial charge in [-0.25, -0.2) is 0 Å². The molecule has 0 aromatic heterocycles. The molecule has 0 saturated carbocycles. The number of guanidine groups is 1. The first kappa shape index (κ1) is 14.3. The fourth-order valence-corrected chi connectivity index (χ4v) is 3.49. The molecule has 0 radical (unpaired) electrons. The van der Waals surface area contributed by atoms with Gasteiger partial charge in [-0.1, -0.05) is 42.5 Å². The summed E-state index contributed by atoms with van der Waals surface area (Å²) < 4.78 is 0. The third-order valence-corrected chi connectivity index (χ3v) is 4.77. The number of rotatable bonds is 3. The zero-order valence-electron chi connectivity index (χ0n) is 12.2. The van der Waals surface area contributed by atoms with Gasteiger partial charge in [0.25, 0.3) is 0 Å². The average molecular weight is 299 g/mol. The van der Waals surface area contributed by atoms with Crippen molar-refractivity contribution < 1.29 is 0 Å². The van der Waals surface area contributed by atoms with Gasteiger partial charge >= 0.3 is 0 Å². The summed E-state index contributed by atoms with van der Waals surface area (Å²) in [5.74, 6) is 3.01. The van der Waals surface area contributed by atoms with Gasteiger partial charge in [0.05, 0.1) is 0 Å². The summed E-state index contributed by atoms with van der Waals surface area (Å²) >= 11 is 1.99. The van der Waals surface area contributed by atoms with Crippen molar-refractivity contribution >= 4 is 28.5 Å². The molecule has 1 heterocycles. The Morgan fingerprint density at radius 3 is 2.67 bits per heavy atom. The second kappa shape index (κ2) is 6.85. The van der Waals surface area contributed by atoms with Gasteiger partial charge in [0.1, 0.15) is 0 Å². The third kappa shape index (κ3) is 3.70. The maximum absolute atomic E-state index is 6.07. The molecule has 4 heteroatoms. The Morgan fingerprint density at radius 2 is 1.86 bits per heavy atom. The zero-order valence-corrected chi connectivity index (χ0v) is 13.0. The fraction of sp³-hybridized carbons (Fsp3) is 0.353. The largest absolute Gasteiger partial charge is 0.370 e. The highest BCUT2D eigenvalue weighted by Gasteiger charge is 2.11. The molecular weight excluding hydrogens is 278 g/mol.